The van der Waals surface area contributed by atoms with Gasteiger partial charge < -0.3 is 10.2 Å². The summed E-state index contributed by atoms with van der Waals surface area (Å²) in [5, 5.41) is 2.90. The van der Waals surface area contributed by atoms with Gasteiger partial charge in [-0.05, 0) is 18.8 Å². The van der Waals surface area contributed by atoms with Gasteiger partial charge in [0.15, 0.2) is 9.84 Å². The van der Waals surface area contributed by atoms with Crippen molar-refractivity contribution in [1.29, 1.82) is 0 Å². The van der Waals surface area contributed by atoms with Gasteiger partial charge in [-0.3, -0.25) is 0 Å². The molecule has 0 aliphatic carbocycles. The van der Waals surface area contributed by atoms with Crippen molar-refractivity contribution < 1.29 is 8.42 Å². The van der Waals surface area contributed by atoms with E-state index in [1.165, 1.54) is 12.8 Å². The number of piperidine rings is 1. The Bertz CT molecular complexity index is 691. The third-order valence-corrected chi connectivity index (χ3v) is 7.28. The molecule has 1 aromatic heterocycles. The molecule has 3 aliphatic heterocycles. The van der Waals surface area contributed by atoms with Gasteiger partial charge in [0.25, 0.3) is 0 Å². The SMILES string of the molecule is CC1CCCN(c2ncc3c(n2)[C@H]2CNC[C@H]2S(=O)(=O)C3)C1. The van der Waals surface area contributed by atoms with Crippen molar-refractivity contribution in [1.82, 2.24) is 15.3 Å². The quantitative estimate of drug-likeness (QED) is 0.820. The first-order valence-electron chi connectivity index (χ1n) is 8.07. The minimum absolute atomic E-state index is 0.0160. The van der Waals surface area contributed by atoms with Crippen LogP contribution < -0.4 is 10.2 Å². The minimum Gasteiger partial charge on any atom is -0.341 e. The van der Waals surface area contributed by atoms with E-state index in [9.17, 15) is 8.42 Å². The fourth-order valence-corrected chi connectivity index (χ4v) is 5.96. The predicted octanol–water partition coefficient (Wildman–Crippen LogP) is 0.697. The molecular formula is C15H22N4O2S. The lowest BCUT2D eigenvalue weighted by molar-refractivity contribution is 0.441. The zero-order chi connectivity index (χ0) is 15.3. The van der Waals surface area contributed by atoms with E-state index in [-0.39, 0.29) is 16.9 Å². The van der Waals surface area contributed by atoms with Crippen LogP contribution in [-0.4, -0.2) is 49.8 Å². The number of hydrogen-bond donors (Lipinski definition) is 1. The maximum Gasteiger partial charge on any atom is 0.225 e. The fraction of sp³-hybridized carbons (Fsp3) is 0.733. The van der Waals surface area contributed by atoms with Crippen LogP contribution in [0.4, 0.5) is 5.95 Å². The number of aromatic nitrogens is 2. The smallest absolute Gasteiger partial charge is 0.225 e. The van der Waals surface area contributed by atoms with Gasteiger partial charge in [-0.2, -0.15) is 0 Å². The molecule has 6 nitrogen and oxygen atoms in total. The standard InChI is InChI=1S/C15H22N4O2S/c1-10-3-2-4-19(8-10)15-17-5-11-9-22(20,21)13-7-16-6-12(13)14(11)18-15/h5,10,12-13,16H,2-4,6-9H2,1H3/t10?,12-,13+/m0/s1. The molecule has 2 saturated heterocycles. The van der Waals surface area contributed by atoms with Crippen molar-refractivity contribution in [2.45, 2.75) is 36.7 Å². The maximum atomic E-state index is 12.3. The number of anilines is 1. The topological polar surface area (TPSA) is 75.2 Å². The van der Waals surface area contributed by atoms with E-state index in [4.69, 9.17) is 4.98 Å². The molecule has 4 rings (SSSR count). The Balaban J connectivity index is 1.71. The number of nitrogens with zero attached hydrogens (tertiary/aromatic N) is 3. The van der Waals surface area contributed by atoms with Crippen LogP contribution in [0.5, 0.6) is 0 Å². The Kier molecular flexibility index (Phi) is 3.38. The van der Waals surface area contributed by atoms with E-state index in [2.05, 4.69) is 22.1 Å². The van der Waals surface area contributed by atoms with Crippen LogP contribution in [-0.2, 0) is 15.6 Å². The van der Waals surface area contributed by atoms with Gasteiger partial charge in [0.2, 0.25) is 5.95 Å². The van der Waals surface area contributed by atoms with Crippen LogP contribution in [0.3, 0.4) is 0 Å². The van der Waals surface area contributed by atoms with Crippen LogP contribution in [0, 0.1) is 5.92 Å². The third kappa shape index (κ3) is 2.31. The molecular weight excluding hydrogens is 300 g/mol. The highest BCUT2D eigenvalue weighted by Gasteiger charge is 2.44. The maximum absolute atomic E-state index is 12.3. The molecule has 0 aromatic carbocycles. The van der Waals surface area contributed by atoms with Crippen molar-refractivity contribution in [3.8, 4) is 0 Å². The summed E-state index contributed by atoms with van der Waals surface area (Å²) in [7, 11) is -3.08. The van der Waals surface area contributed by atoms with Gasteiger partial charge in [-0.1, -0.05) is 6.92 Å². The molecule has 7 heteroatoms. The summed E-state index contributed by atoms with van der Waals surface area (Å²) in [4.78, 5) is 11.5. The molecule has 0 amide bonds. The molecule has 0 saturated carbocycles. The first kappa shape index (κ1) is 14.4. The predicted molar refractivity (Wildman–Crippen MR) is 84.7 cm³/mol. The van der Waals surface area contributed by atoms with E-state index in [1.54, 1.807) is 6.20 Å². The van der Waals surface area contributed by atoms with Gasteiger partial charge in [-0.25, -0.2) is 18.4 Å². The molecule has 1 aromatic rings. The Hall–Kier alpha value is -1.21. The lowest BCUT2D eigenvalue weighted by Gasteiger charge is -2.32. The number of fused-ring (bicyclic) bond motifs is 3. The van der Waals surface area contributed by atoms with Crippen molar-refractivity contribution in [3.63, 3.8) is 0 Å². The second kappa shape index (κ2) is 5.16. The van der Waals surface area contributed by atoms with Crippen LogP contribution >= 0.6 is 0 Å². The highest BCUT2D eigenvalue weighted by atomic mass is 32.2. The summed E-state index contributed by atoms with van der Waals surface area (Å²) in [5.74, 6) is 1.50. The summed E-state index contributed by atoms with van der Waals surface area (Å²) < 4.78 is 24.7. The number of sulfone groups is 1. The highest BCUT2D eigenvalue weighted by molar-refractivity contribution is 7.91. The summed E-state index contributed by atoms with van der Waals surface area (Å²) in [6, 6.07) is 0. The number of rotatable bonds is 1. The molecule has 0 spiro atoms. The summed E-state index contributed by atoms with van der Waals surface area (Å²) in [6.45, 7) is 5.49. The van der Waals surface area contributed by atoms with Crippen LogP contribution in [0.25, 0.3) is 0 Å². The lowest BCUT2D eigenvalue weighted by atomic mass is 9.99. The van der Waals surface area contributed by atoms with E-state index >= 15 is 0 Å². The van der Waals surface area contributed by atoms with Gasteiger partial charge in [0.05, 0.1) is 16.7 Å². The first-order chi connectivity index (χ1) is 10.5. The monoisotopic (exact) mass is 322 g/mol. The van der Waals surface area contributed by atoms with Crippen molar-refractivity contribution in [3.05, 3.63) is 17.5 Å². The molecule has 0 bridgehead atoms. The van der Waals surface area contributed by atoms with E-state index < -0.39 is 9.84 Å². The van der Waals surface area contributed by atoms with Gasteiger partial charge in [0.1, 0.15) is 0 Å². The third-order valence-electron chi connectivity index (χ3n) is 5.15. The molecule has 120 valence electrons. The Morgan fingerprint density at radius 1 is 1.36 bits per heavy atom. The minimum atomic E-state index is -3.08. The first-order valence-corrected chi connectivity index (χ1v) is 9.79. The van der Waals surface area contributed by atoms with E-state index in [0.29, 0.717) is 19.0 Å². The highest BCUT2D eigenvalue weighted by Crippen LogP contribution is 2.36. The lowest BCUT2D eigenvalue weighted by Crippen LogP contribution is -2.38. The molecule has 3 aliphatic rings. The van der Waals surface area contributed by atoms with E-state index in [0.717, 1.165) is 30.3 Å². The van der Waals surface area contributed by atoms with Crippen molar-refractivity contribution >= 4 is 15.8 Å². The fourth-order valence-electron chi connectivity index (χ4n) is 3.99. The van der Waals surface area contributed by atoms with Crippen LogP contribution in [0.2, 0.25) is 0 Å². The molecule has 0 radical (unpaired) electrons. The summed E-state index contributed by atoms with van der Waals surface area (Å²) in [6.07, 6.45) is 4.17. The second-order valence-corrected chi connectivity index (χ2v) is 9.10. The summed E-state index contributed by atoms with van der Waals surface area (Å²) in [5.41, 5.74) is 1.74. The average Bonchev–Trinajstić information content (AvgIpc) is 2.97. The Morgan fingerprint density at radius 3 is 3.05 bits per heavy atom. The zero-order valence-electron chi connectivity index (χ0n) is 12.8. The number of hydrogen-bond acceptors (Lipinski definition) is 6. The normalized spacial score (nSPS) is 33.3. The Morgan fingerprint density at radius 2 is 2.23 bits per heavy atom. The average molecular weight is 322 g/mol. The van der Waals surface area contributed by atoms with Crippen molar-refractivity contribution in [2.24, 2.45) is 5.92 Å². The molecule has 1 unspecified atom stereocenters. The van der Waals surface area contributed by atoms with Gasteiger partial charge in [-0.15, -0.1) is 0 Å². The zero-order valence-corrected chi connectivity index (χ0v) is 13.6. The van der Waals surface area contributed by atoms with Gasteiger partial charge >= 0.3 is 0 Å². The van der Waals surface area contributed by atoms with Gasteiger partial charge in [0, 0.05) is 43.9 Å². The molecule has 4 heterocycles. The van der Waals surface area contributed by atoms with Crippen LogP contribution in [0.15, 0.2) is 6.20 Å². The van der Waals surface area contributed by atoms with Crippen LogP contribution in [0.1, 0.15) is 36.9 Å². The molecule has 1 N–H and O–H groups in total. The number of nitrogens with one attached hydrogen (secondary N) is 1. The molecule has 3 atom stereocenters. The molecule has 2 fully saturated rings. The van der Waals surface area contributed by atoms with Crippen molar-refractivity contribution in [2.75, 3.05) is 31.1 Å². The Labute approximate surface area is 131 Å². The largest absolute Gasteiger partial charge is 0.341 e. The van der Waals surface area contributed by atoms with E-state index in [1.807, 2.05) is 0 Å². The molecule has 22 heavy (non-hydrogen) atoms. The summed E-state index contributed by atoms with van der Waals surface area (Å²) >= 11 is 0. The second-order valence-electron chi connectivity index (χ2n) is 6.88.